The van der Waals surface area contributed by atoms with Crippen molar-refractivity contribution in [2.75, 3.05) is 27.3 Å². The quantitative estimate of drug-likeness (QED) is 0.749. The molecule has 0 aromatic heterocycles. The van der Waals surface area contributed by atoms with Crippen LogP contribution in [0.5, 0.6) is 0 Å². The molecule has 0 radical (unpaired) electrons. The maximum absolute atomic E-state index is 12.6. The monoisotopic (exact) mass is 307 g/mol. The van der Waals surface area contributed by atoms with Crippen LogP contribution in [0.4, 0.5) is 0 Å². The van der Waals surface area contributed by atoms with Gasteiger partial charge in [0.2, 0.25) is 0 Å². The molecule has 0 amide bonds. The summed E-state index contributed by atoms with van der Waals surface area (Å²) in [4.78, 5) is 27.3. The Balaban J connectivity index is 2.09. The number of likely N-dealkylation sites (tertiary alicyclic amines) is 1. The first kappa shape index (κ1) is 15.4. The van der Waals surface area contributed by atoms with Gasteiger partial charge in [-0.1, -0.05) is 19.3 Å². The molecular weight excluding hydrogens is 282 g/mol. The smallest absolute Gasteiger partial charge is 0.336 e. The molecule has 1 aliphatic heterocycles. The Morgan fingerprint density at radius 1 is 1.05 bits per heavy atom. The Morgan fingerprint density at radius 2 is 1.77 bits per heavy atom. The van der Waals surface area contributed by atoms with Crippen LogP contribution in [0.15, 0.2) is 11.3 Å². The van der Waals surface area contributed by atoms with Crippen LogP contribution < -0.4 is 0 Å². The number of ether oxygens (including phenoxy) is 2. The van der Waals surface area contributed by atoms with Crippen molar-refractivity contribution >= 4 is 11.9 Å². The second kappa shape index (κ2) is 5.94. The molecule has 22 heavy (non-hydrogen) atoms. The highest BCUT2D eigenvalue weighted by molar-refractivity contribution is 6.02. The molecule has 5 heteroatoms. The van der Waals surface area contributed by atoms with E-state index in [-0.39, 0.29) is 17.9 Å². The lowest BCUT2D eigenvalue weighted by atomic mass is 9.55. The van der Waals surface area contributed by atoms with Crippen molar-refractivity contribution in [3.05, 3.63) is 11.3 Å². The van der Waals surface area contributed by atoms with Gasteiger partial charge in [0, 0.05) is 24.7 Å². The van der Waals surface area contributed by atoms with Gasteiger partial charge in [-0.25, -0.2) is 4.79 Å². The zero-order valence-electron chi connectivity index (χ0n) is 13.5. The summed E-state index contributed by atoms with van der Waals surface area (Å²) in [5.41, 5.74) is 0.878. The van der Waals surface area contributed by atoms with Crippen LogP contribution >= 0.6 is 0 Å². The summed E-state index contributed by atoms with van der Waals surface area (Å²) in [7, 11) is 2.81. The van der Waals surface area contributed by atoms with E-state index >= 15 is 0 Å². The maximum Gasteiger partial charge on any atom is 0.336 e. The minimum atomic E-state index is -0.768. The summed E-state index contributed by atoms with van der Waals surface area (Å²) >= 11 is 0. The van der Waals surface area contributed by atoms with Crippen molar-refractivity contribution in [2.24, 2.45) is 11.3 Å². The maximum atomic E-state index is 12.6. The summed E-state index contributed by atoms with van der Waals surface area (Å²) in [5, 5.41) is 0. The molecule has 2 atom stereocenters. The van der Waals surface area contributed by atoms with Gasteiger partial charge < -0.3 is 14.4 Å². The van der Waals surface area contributed by atoms with Crippen LogP contribution in [0.2, 0.25) is 0 Å². The zero-order valence-corrected chi connectivity index (χ0v) is 13.5. The van der Waals surface area contributed by atoms with Gasteiger partial charge in [0.25, 0.3) is 0 Å². The molecule has 1 heterocycles. The van der Waals surface area contributed by atoms with E-state index in [2.05, 4.69) is 4.90 Å². The molecule has 3 aliphatic rings. The fraction of sp³-hybridized carbons (Fsp3) is 0.765. The van der Waals surface area contributed by atoms with Crippen LogP contribution in [0.1, 0.15) is 44.9 Å². The van der Waals surface area contributed by atoms with Gasteiger partial charge in [0.1, 0.15) is 5.41 Å². The Morgan fingerprint density at radius 3 is 2.41 bits per heavy atom. The number of esters is 2. The molecular formula is C17H25NO4. The summed E-state index contributed by atoms with van der Waals surface area (Å²) in [6.07, 6.45) is 7.13. The molecule has 0 spiro atoms. The van der Waals surface area contributed by atoms with Crippen LogP contribution in [0.25, 0.3) is 0 Å². The van der Waals surface area contributed by atoms with E-state index in [4.69, 9.17) is 9.47 Å². The molecule has 2 fully saturated rings. The third kappa shape index (κ3) is 2.05. The van der Waals surface area contributed by atoms with E-state index in [1.807, 2.05) is 0 Å². The van der Waals surface area contributed by atoms with Gasteiger partial charge in [0.05, 0.1) is 19.8 Å². The second-order valence-electron chi connectivity index (χ2n) is 6.56. The molecule has 1 saturated carbocycles. The van der Waals surface area contributed by atoms with Crippen LogP contribution in [-0.4, -0.2) is 44.1 Å². The molecule has 5 nitrogen and oxygen atoms in total. The molecule has 1 saturated heterocycles. The predicted octanol–water partition coefficient (Wildman–Crippen LogP) is 2.26. The molecule has 2 aliphatic carbocycles. The van der Waals surface area contributed by atoms with Crippen LogP contribution in [0.3, 0.4) is 0 Å². The van der Waals surface area contributed by atoms with E-state index in [9.17, 15) is 9.59 Å². The SMILES string of the molecule is COC(=O)C1=C(N2CCCC2)C2CCCCCC12C(=O)OC. The van der Waals surface area contributed by atoms with Crippen molar-refractivity contribution in [1.82, 2.24) is 4.90 Å². The van der Waals surface area contributed by atoms with Gasteiger partial charge in [-0.3, -0.25) is 4.79 Å². The lowest BCUT2D eigenvalue weighted by Gasteiger charge is -2.51. The van der Waals surface area contributed by atoms with Gasteiger partial charge in [-0.2, -0.15) is 0 Å². The van der Waals surface area contributed by atoms with Crippen LogP contribution in [0, 0.1) is 11.3 Å². The first-order valence-corrected chi connectivity index (χ1v) is 8.33. The van der Waals surface area contributed by atoms with Gasteiger partial charge >= 0.3 is 11.9 Å². The summed E-state index contributed by atoms with van der Waals surface area (Å²) in [5.74, 6) is -0.497. The van der Waals surface area contributed by atoms with Crippen molar-refractivity contribution < 1.29 is 19.1 Å². The zero-order chi connectivity index (χ0) is 15.7. The topological polar surface area (TPSA) is 55.8 Å². The number of methoxy groups -OCH3 is 2. The Hall–Kier alpha value is -1.52. The van der Waals surface area contributed by atoms with E-state index in [1.165, 1.54) is 14.2 Å². The van der Waals surface area contributed by atoms with Crippen molar-refractivity contribution in [1.29, 1.82) is 0 Å². The van der Waals surface area contributed by atoms with Crippen molar-refractivity contribution in [2.45, 2.75) is 44.9 Å². The average molecular weight is 307 g/mol. The Kier molecular flexibility index (Phi) is 4.15. The van der Waals surface area contributed by atoms with Crippen LogP contribution in [-0.2, 0) is 19.1 Å². The third-order valence-electron chi connectivity index (χ3n) is 5.58. The van der Waals surface area contributed by atoms with E-state index in [0.29, 0.717) is 12.0 Å². The highest BCUT2D eigenvalue weighted by Crippen LogP contribution is 2.60. The fourth-order valence-electron chi connectivity index (χ4n) is 4.60. The number of carbonyl (C=O) groups is 2. The largest absolute Gasteiger partial charge is 0.468 e. The van der Waals surface area contributed by atoms with Crippen molar-refractivity contribution in [3.63, 3.8) is 0 Å². The standard InChI is InChI=1S/C17H25NO4/c1-21-15(19)13-14(18-10-6-7-11-18)12-8-4-3-5-9-17(12,13)16(20)22-2/h12H,3-11H2,1-2H3. The number of rotatable bonds is 3. The Labute approximate surface area is 131 Å². The number of carbonyl (C=O) groups excluding carboxylic acids is 2. The number of fused-ring (bicyclic) bond motifs is 1. The molecule has 0 aromatic carbocycles. The number of nitrogens with zero attached hydrogens (tertiary/aromatic N) is 1. The molecule has 122 valence electrons. The highest BCUT2D eigenvalue weighted by Gasteiger charge is 2.63. The van der Waals surface area contributed by atoms with Gasteiger partial charge in [-0.15, -0.1) is 0 Å². The molecule has 3 rings (SSSR count). The first-order chi connectivity index (χ1) is 10.7. The number of allylic oxidation sites excluding steroid dienone is 1. The van der Waals surface area contributed by atoms with E-state index in [0.717, 1.165) is 57.3 Å². The summed E-state index contributed by atoms with van der Waals surface area (Å²) < 4.78 is 10.1. The lowest BCUT2D eigenvalue weighted by Crippen LogP contribution is -2.55. The molecule has 0 N–H and O–H groups in total. The van der Waals surface area contributed by atoms with Gasteiger partial charge in [-0.05, 0) is 25.7 Å². The minimum Gasteiger partial charge on any atom is -0.468 e. The molecule has 0 aromatic rings. The third-order valence-corrected chi connectivity index (χ3v) is 5.58. The minimum absolute atomic E-state index is 0.120. The highest BCUT2D eigenvalue weighted by atomic mass is 16.5. The number of hydrogen-bond acceptors (Lipinski definition) is 5. The van der Waals surface area contributed by atoms with E-state index in [1.54, 1.807) is 0 Å². The fourth-order valence-corrected chi connectivity index (χ4v) is 4.60. The second-order valence-corrected chi connectivity index (χ2v) is 6.56. The predicted molar refractivity (Wildman–Crippen MR) is 80.9 cm³/mol. The summed E-state index contributed by atoms with van der Waals surface area (Å²) in [6.45, 7) is 1.95. The summed E-state index contributed by atoms with van der Waals surface area (Å²) in [6, 6.07) is 0. The van der Waals surface area contributed by atoms with Crippen molar-refractivity contribution in [3.8, 4) is 0 Å². The molecule has 0 bridgehead atoms. The average Bonchev–Trinajstić information content (AvgIpc) is 2.98. The molecule has 2 unspecified atom stereocenters. The Bertz CT molecular complexity index is 507. The lowest BCUT2D eigenvalue weighted by molar-refractivity contribution is -0.160. The first-order valence-electron chi connectivity index (χ1n) is 8.33. The normalized spacial score (nSPS) is 31.2. The van der Waals surface area contributed by atoms with Gasteiger partial charge in [0.15, 0.2) is 0 Å². The van der Waals surface area contributed by atoms with E-state index < -0.39 is 5.41 Å². The number of hydrogen-bond donors (Lipinski definition) is 0.